The number of methoxy groups -OCH3 is 2. The number of carbonyl (C=O) groups excluding carboxylic acids is 2. The lowest BCUT2D eigenvalue weighted by atomic mass is 9.89. The fraction of sp³-hybridized carbons (Fsp3) is 0.429. The molecule has 10 heteroatoms. The first-order valence-electron chi connectivity index (χ1n) is 12.5. The Morgan fingerprint density at radius 1 is 0.921 bits per heavy atom. The van der Waals surface area contributed by atoms with Crippen molar-refractivity contribution in [3.63, 3.8) is 0 Å². The van der Waals surface area contributed by atoms with E-state index in [1.807, 2.05) is 18.2 Å². The summed E-state index contributed by atoms with van der Waals surface area (Å²) in [6.07, 6.45) is 5.28. The first-order valence-corrected chi connectivity index (χ1v) is 15.0. The molecule has 0 bridgehead atoms. The second-order valence-corrected chi connectivity index (χ2v) is 11.9. The van der Waals surface area contributed by atoms with E-state index in [2.05, 4.69) is 0 Å². The zero-order chi connectivity index (χ0) is 27.7. The van der Waals surface area contributed by atoms with E-state index in [0.29, 0.717) is 29.7 Å². The van der Waals surface area contributed by atoms with Gasteiger partial charge in [0, 0.05) is 16.0 Å². The molecule has 0 fully saturated rings. The van der Waals surface area contributed by atoms with Crippen molar-refractivity contribution < 1.29 is 33.7 Å². The average Bonchev–Trinajstić information content (AvgIpc) is 3.34. The van der Waals surface area contributed by atoms with Crippen molar-refractivity contribution in [2.45, 2.75) is 64.4 Å². The maximum absolute atomic E-state index is 12.7. The Hall–Kier alpha value is -2.82. The molecule has 38 heavy (non-hydrogen) atoms. The molecule has 3 rings (SSSR count). The minimum Gasteiger partial charge on any atom is -0.489 e. The number of carbonyl (C=O) groups is 3. The highest BCUT2D eigenvalue weighted by Gasteiger charge is 2.34. The number of rotatable bonds is 15. The number of hydrogen-bond acceptors (Lipinski definition) is 9. The van der Waals surface area contributed by atoms with Crippen molar-refractivity contribution in [2.24, 2.45) is 0 Å². The van der Waals surface area contributed by atoms with Gasteiger partial charge in [0.1, 0.15) is 9.57 Å². The van der Waals surface area contributed by atoms with Crippen LogP contribution in [-0.4, -0.2) is 43.0 Å². The lowest BCUT2D eigenvalue weighted by Gasteiger charge is -2.20. The van der Waals surface area contributed by atoms with Gasteiger partial charge in [-0.15, -0.1) is 0 Å². The summed E-state index contributed by atoms with van der Waals surface area (Å²) in [6.45, 7) is 1.65. The molecule has 1 unspecified atom stereocenters. The molecule has 1 aliphatic carbocycles. The summed E-state index contributed by atoms with van der Waals surface area (Å²) in [4.78, 5) is 37.9. The van der Waals surface area contributed by atoms with Crippen LogP contribution in [0.2, 0.25) is 0 Å². The molecular weight excluding hydrogens is 545 g/mol. The SMILES string of the molecule is COC1=C(OC)C(=O)C(CCCCCCCCC(Oc2ccc(-c3cc(=S)ss3)cc2)C(=O)O)=C(C)C1=O. The number of ketones is 2. The van der Waals surface area contributed by atoms with E-state index in [4.69, 9.17) is 26.4 Å². The van der Waals surface area contributed by atoms with Crippen molar-refractivity contribution in [2.75, 3.05) is 14.2 Å². The molecule has 1 heterocycles. The standard InChI is InChI=1S/C28H32O7S3/c1-17-20(25(30)27(34-3)26(33-2)24(17)29)10-8-6-4-5-7-9-11-21(28(31)32)35-19-14-12-18(13-15-19)22-16-23(36)38-37-22/h12-16,21H,4-11H2,1-3H3,(H,31,32). The summed E-state index contributed by atoms with van der Waals surface area (Å²) >= 11 is 5.18. The van der Waals surface area contributed by atoms with Gasteiger partial charge in [0.2, 0.25) is 23.1 Å². The van der Waals surface area contributed by atoms with Crippen LogP contribution in [0.1, 0.15) is 58.3 Å². The van der Waals surface area contributed by atoms with Gasteiger partial charge in [-0.1, -0.05) is 58.6 Å². The van der Waals surface area contributed by atoms with E-state index in [1.54, 1.807) is 39.7 Å². The van der Waals surface area contributed by atoms with Crippen LogP contribution in [0.25, 0.3) is 10.4 Å². The van der Waals surface area contributed by atoms with Crippen LogP contribution in [0.15, 0.2) is 53.0 Å². The molecule has 0 aliphatic heterocycles. The number of Topliss-reactive ketones (excluding diaryl/α,β-unsaturated/α-hetero) is 2. The van der Waals surface area contributed by atoms with Crippen LogP contribution in [0.4, 0.5) is 0 Å². The van der Waals surface area contributed by atoms with Crippen molar-refractivity contribution in [3.05, 3.63) is 56.8 Å². The maximum Gasteiger partial charge on any atom is 0.344 e. The third kappa shape index (κ3) is 7.61. The van der Waals surface area contributed by atoms with Crippen LogP contribution >= 0.6 is 32.9 Å². The lowest BCUT2D eigenvalue weighted by Crippen LogP contribution is -2.26. The molecule has 0 saturated carbocycles. The van der Waals surface area contributed by atoms with Gasteiger partial charge in [0.05, 0.1) is 14.2 Å². The zero-order valence-electron chi connectivity index (χ0n) is 21.7. The smallest absolute Gasteiger partial charge is 0.344 e. The molecule has 0 spiro atoms. The van der Waals surface area contributed by atoms with E-state index in [9.17, 15) is 19.5 Å². The molecule has 1 N–H and O–H groups in total. The van der Waals surface area contributed by atoms with Gasteiger partial charge in [-0.05, 0) is 68.5 Å². The number of unbranched alkanes of at least 4 members (excludes halogenated alkanes) is 5. The van der Waals surface area contributed by atoms with Gasteiger partial charge < -0.3 is 19.3 Å². The van der Waals surface area contributed by atoms with Crippen molar-refractivity contribution in [1.82, 2.24) is 0 Å². The number of aliphatic carboxylic acids is 1. The molecule has 1 aliphatic rings. The Bertz CT molecular complexity index is 1270. The molecule has 7 nitrogen and oxygen atoms in total. The fourth-order valence-electron chi connectivity index (χ4n) is 4.30. The molecule has 0 saturated heterocycles. The van der Waals surface area contributed by atoms with Gasteiger partial charge in [0.15, 0.2) is 6.10 Å². The molecule has 0 amide bonds. The maximum atomic E-state index is 12.7. The topological polar surface area (TPSA) is 99.1 Å². The van der Waals surface area contributed by atoms with Gasteiger partial charge in [-0.2, -0.15) is 0 Å². The average molecular weight is 577 g/mol. The Labute approximate surface area is 235 Å². The highest BCUT2D eigenvalue weighted by atomic mass is 32.9. The molecule has 1 aromatic heterocycles. The highest BCUT2D eigenvalue weighted by molar-refractivity contribution is 7.80. The summed E-state index contributed by atoms with van der Waals surface area (Å²) in [5.74, 6) is -1.10. The Morgan fingerprint density at radius 3 is 2.11 bits per heavy atom. The zero-order valence-corrected chi connectivity index (χ0v) is 24.2. The van der Waals surface area contributed by atoms with Gasteiger partial charge in [-0.3, -0.25) is 9.59 Å². The van der Waals surface area contributed by atoms with Crippen molar-refractivity contribution >= 4 is 50.4 Å². The minimum atomic E-state index is -0.971. The van der Waals surface area contributed by atoms with Gasteiger partial charge in [-0.25, -0.2) is 4.79 Å². The second kappa shape index (κ2) is 14.4. The number of benzene rings is 1. The number of ether oxygens (including phenoxy) is 3. The van der Waals surface area contributed by atoms with Crippen LogP contribution in [0, 0.1) is 3.82 Å². The second-order valence-electron chi connectivity index (χ2n) is 8.95. The van der Waals surface area contributed by atoms with E-state index in [-0.39, 0.29) is 23.1 Å². The number of carboxylic acid groups (broad SMARTS) is 1. The summed E-state index contributed by atoms with van der Waals surface area (Å²) in [7, 11) is 5.88. The van der Waals surface area contributed by atoms with Crippen molar-refractivity contribution in [1.29, 1.82) is 0 Å². The molecule has 0 radical (unpaired) electrons. The normalized spacial score (nSPS) is 14.6. The number of hydrogen-bond donors (Lipinski definition) is 1. The summed E-state index contributed by atoms with van der Waals surface area (Å²) in [5.41, 5.74) is 1.94. The van der Waals surface area contributed by atoms with Gasteiger partial charge >= 0.3 is 5.97 Å². The van der Waals surface area contributed by atoms with Crippen LogP contribution in [0.3, 0.4) is 0 Å². The molecule has 1 aromatic carbocycles. The Kier molecular flexibility index (Phi) is 11.2. The lowest BCUT2D eigenvalue weighted by molar-refractivity contribution is -0.145. The van der Waals surface area contributed by atoms with Crippen LogP contribution < -0.4 is 4.74 Å². The van der Waals surface area contributed by atoms with Crippen LogP contribution in [0.5, 0.6) is 5.75 Å². The monoisotopic (exact) mass is 576 g/mol. The third-order valence-electron chi connectivity index (χ3n) is 6.39. The predicted molar refractivity (Wildman–Crippen MR) is 151 cm³/mol. The van der Waals surface area contributed by atoms with E-state index >= 15 is 0 Å². The summed E-state index contributed by atoms with van der Waals surface area (Å²) in [6, 6.07) is 9.38. The molecular formula is C28H32O7S3. The highest BCUT2D eigenvalue weighted by Crippen LogP contribution is 2.31. The fourth-order valence-corrected chi connectivity index (χ4v) is 6.70. The summed E-state index contributed by atoms with van der Waals surface area (Å²) in [5, 5.41) is 9.59. The molecule has 2 aromatic rings. The van der Waals surface area contributed by atoms with Crippen molar-refractivity contribution in [3.8, 4) is 16.2 Å². The predicted octanol–water partition coefficient (Wildman–Crippen LogP) is 7.13. The number of allylic oxidation sites excluding steroid dienone is 2. The van der Waals surface area contributed by atoms with E-state index in [0.717, 1.165) is 52.8 Å². The van der Waals surface area contributed by atoms with Crippen LogP contribution in [-0.2, 0) is 23.9 Å². The van der Waals surface area contributed by atoms with E-state index < -0.39 is 12.1 Å². The Morgan fingerprint density at radius 2 is 1.53 bits per heavy atom. The third-order valence-corrected chi connectivity index (χ3v) is 9.30. The van der Waals surface area contributed by atoms with E-state index in [1.165, 1.54) is 14.2 Å². The van der Waals surface area contributed by atoms with Gasteiger partial charge in [0.25, 0.3) is 0 Å². The summed E-state index contributed by atoms with van der Waals surface area (Å²) < 4.78 is 16.8. The minimum absolute atomic E-state index is 0.0294. The first-order chi connectivity index (χ1) is 18.3. The largest absolute Gasteiger partial charge is 0.489 e. The Balaban J connectivity index is 1.37. The number of carboxylic acids is 1. The quantitative estimate of drug-likeness (QED) is 0.103. The molecule has 204 valence electrons. The molecule has 1 atom stereocenters. The first kappa shape index (κ1) is 29.7.